The molecule has 9 nitrogen and oxygen atoms in total. The van der Waals surface area contributed by atoms with Gasteiger partial charge in [0.05, 0.1) is 46.7 Å². The van der Waals surface area contributed by atoms with E-state index in [1.54, 1.807) is 42.5 Å². The van der Waals surface area contributed by atoms with Crippen molar-refractivity contribution in [1.82, 2.24) is 5.01 Å². The standard InChI is InChI=1S/C39H29Cl2FIN3O6/c1-52-23-12-5-19(6-13-23)39-28(36(49)46(38(39)51)44-31-16-7-20(40)17-29(31)41)18-27-24(33(39)26-3-2-4-30(42)34(26)47)14-15-25-32(27)37(50)45(35(25)48)22-10-8-21(43)9-11-22/h2-14,16-17,25,27-28,32-33,44,47H,15,18H2,1H3/t25-,27+,28-,32-,33+,39+/m0/s1. The largest absolute Gasteiger partial charge is 0.505 e. The smallest absolute Gasteiger partial charge is 0.260 e. The minimum atomic E-state index is -1.74. The monoisotopic (exact) mass is 851 g/mol. The maximum Gasteiger partial charge on any atom is 0.260 e. The first-order valence-electron chi connectivity index (χ1n) is 16.5. The molecule has 2 saturated heterocycles. The lowest BCUT2D eigenvalue weighted by Crippen LogP contribution is -2.53. The fourth-order valence-corrected chi connectivity index (χ4v) is 9.61. The Morgan fingerprint density at radius 1 is 0.923 bits per heavy atom. The Hall–Kier alpha value is -4.46. The number of rotatable bonds is 6. The number of carbonyl (C=O) groups is 4. The van der Waals surface area contributed by atoms with Crippen LogP contribution in [0.25, 0.3) is 0 Å². The predicted molar refractivity (Wildman–Crippen MR) is 200 cm³/mol. The number of nitrogens with zero attached hydrogens (tertiary/aromatic N) is 2. The van der Waals surface area contributed by atoms with E-state index < -0.39 is 64.3 Å². The summed E-state index contributed by atoms with van der Waals surface area (Å²) < 4.78 is 21.7. The molecular formula is C39H29Cl2FIN3O6. The van der Waals surface area contributed by atoms with Crippen molar-refractivity contribution in [3.05, 3.63) is 127 Å². The number of imide groups is 2. The molecule has 2 heterocycles. The molecule has 3 fully saturated rings. The third-order valence-electron chi connectivity index (χ3n) is 11.0. The lowest BCUT2D eigenvalue weighted by molar-refractivity contribution is -0.138. The van der Waals surface area contributed by atoms with Crippen LogP contribution in [-0.2, 0) is 24.6 Å². The first-order valence-corrected chi connectivity index (χ1v) is 18.4. The number of nitrogens with one attached hydrogen (secondary N) is 1. The van der Waals surface area contributed by atoms with Crippen molar-refractivity contribution >= 4 is 80.8 Å². The van der Waals surface area contributed by atoms with Crippen LogP contribution in [0, 0.1) is 33.1 Å². The van der Waals surface area contributed by atoms with E-state index in [-0.39, 0.29) is 35.0 Å². The van der Waals surface area contributed by atoms with E-state index in [2.05, 4.69) is 28.0 Å². The van der Waals surface area contributed by atoms with Gasteiger partial charge in [0.15, 0.2) is 11.6 Å². The van der Waals surface area contributed by atoms with Gasteiger partial charge in [-0.1, -0.05) is 59.1 Å². The second-order valence-corrected chi connectivity index (χ2v) is 15.5. The molecule has 4 aromatic rings. The summed E-state index contributed by atoms with van der Waals surface area (Å²) in [5.41, 5.74) is 2.94. The maximum atomic E-state index is 15.3. The lowest BCUT2D eigenvalue weighted by Gasteiger charge is -2.50. The van der Waals surface area contributed by atoms with Crippen molar-refractivity contribution < 1.29 is 33.4 Å². The number of hydrogen-bond donors (Lipinski definition) is 2. The van der Waals surface area contributed by atoms with Crippen LogP contribution >= 0.6 is 45.8 Å². The Kier molecular flexibility index (Phi) is 8.58. The minimum absolute atomic E-state index is 0.0161. The van der Waals surface area contributed by atoms with E-state index in [0.717, 1.165) is 14.6 Å². The fourth-order valence-electron chi connectivity index (χ4n) is 8.80. The summed E-state index contributed by atoms with van der Waals surface area (Å²) in [5, 5.41) is 12.8. The van der Waals surface area contributed by atoms with Crippen LogP contribution in [0.3, 0.4) is 0 Å². The number of halogens is 4. The van der Waals surface area contributed by atoms with Gasteiger partial charge in [-0.3, -0.25) is 29.5 Å². The van der Waals surface area contributed by atoms with Crippen molar-refractivity contribution in [2.75, 3.05) is 17.4 Å². The number of para-hydroxylation sites is 1. The van der Waals surface area contributed by atoms with Crippen LogP contribution in [0.4, 0.5) is 15.8 Å². The third kappa shape index (κ3) is 5.07. The highest BCUT2D eigenvalue weighted by molar-refractivity contribution is 14.1. The Morgan fingerprint density at radius 2 is 1.65 bits per heavy atom. The number of amides is 4. The van der Waals surface area contributed by atoms with Gasteiger partial charge in [0, 0.05) is 20.1 Å². The van der Waals surface area contributed by atoms with E-state index >= 15 is 9.18 Å². The van der Waals surface area contributed by atoms with E-state index in [4.69, 9.17) is 27.9 Å². The molecule has 4 aliphatic rings. The molecule has 1 saturated carbocycles. The average Bonchev–Trinajstić information content (AvgIpc) is 3.52. The van der Waals surface area contributed by atoms with Gasteiger partial charge in [-0.2, -0.15) is 5.01 Å². The number of benzene rings is 4. The number of fused-ring (bicyclic) bond motifs is 4. The van der Waals surface area contributed by atoms with Crippen LogP contribution in [0.5, 0.6) is 11.5 Å². The number of aromatic hydroxyl groups is 1. The second kappa shape index (κ2) is 12.9. The molecule has 8 rings (SSSR count). The summed E-state index contributed by atoms with van der Waals surface area (Å²) in [6, 6.07) is 22.4. The second-order valence-electron chi connectivity index (χ2n) is 13.4. The molecule has 264 valence electrons. The summed E-state index contributed by atoms with van der Waals surface area (Å²) in [6.07, 6.45) is 2.03. The summed E-state index contributed by atoms with van der Waals surface area (Å²) in [7, 11) is 1.50. The quantitative estimate of drug-likeness (QED) is 0.116. The summed E-state index contributed by atoms with van der Waals surface area (Å²) in [5.74, 6) is -7.66. The zero-order chi connectivity index (χ0) is 36.6. The van der Waals surface area contributed by atoms with E-state index in [0.29, 0.717) is 27.6 Å². The minimum Gasteiger partial charge on any atom is -0.505 e. The Morgan fingerprint density at radius 3 is 2.35 bits per heavy atom. The van der Waals surface area contributed by atoms with Crippen LogP contribution in [0.1, 0.15) is 29.9 Å². The SMILES string of the molecule is COc1ccc([C@@]23C(=O)N(Nc4ccc(Cl)cc4Cl)C(=O)[C@@H]2C[C@@H]2C(=CC[C@@H]4C(=O)N(c5ccc(I)cc5)C(=O)[C@@H]42)[C@@H]3c2cccc(F)c2O)cc1. The molecule has 13 heteroatoms. The zero-order valence-corrected chi connectivity index (χ0v) is 31.0. The number of allylic oxidation sites excluding steroid dienone is 2. The van der Waals surface area contributed by atoms with Gasteiger partial charge < -0.3 is 9.84 Å². The molecule has 6 atom stereocenters. The van der Waals surface area contributed by atoms with Gasteiger partial charge >= 0.3 is 0 Å². The van der Waals surface area contributed by atoms with Crippen molar-refractivity contribution in [3.8, 4) is 11.5 Å². The topological polar surface area (TPSA) is 116 Å². The van der Waals surface area contributed by atoms with Crippen LogP contribution in [-0.4, -0.2) is 40.9 Å². The van der Waals surface area contributed by atoms with Crippen molar-refractivity contribution in [2.24, 2.45) is 23.7 Å². The van der Waals surface area contributed by atoms with Crippen LogP contribution < -0.4 is 15.1 Å². The highest BCUT2D eigenvalue weighted by Crippen LogP contribution is 2.65. The van der Waals surface area contributed by atoms with E-state index in [1.165, 1.54) is 36.3 Å². The average molecular weight is 852 g/mol. The Bertz CT molecular complexity index is 2220. The number of phenolic OH excluding ortho intramolecular Hbond substituents is 1. The highest BCUT2D eigenvalue weighted by Gasteiger charge is 2.70. The van der Waals surface area contributed by atoms with Crippen LogP contribution in [0.15, 0.2) is 96.6 Å². The number of methoxy groups -OCH3 is 1. The van der Waals surface area contributed by atoms with Gasteiger partial charge in [-0.25, -0.2) is 4.39 Å². The first kappa shape index (κ1) is 34.6. The molecule has 0 bridgehead atoms. The van der Waals surface area contributed by atoms with Crippen molar-refractivity contribution in [1.29, 1.82) is 0 Å². The fraction of sp³-hybridized carbons (Fsp3) is 0.231. The normalized spacial score (nSPS) is 26.6. The number of hydrazine groups is 1. The highest BCUT2D eigenvalue weighted by atomic mass is 127. The van der Waals surface area contributed by atoms with Crippen LogP contribution in [0.2, 0.25) is 10.0 Å². The van der Waals surface area contributed by atoms with Gasteiger partial charge in [-0.15, -0.1) is 0 Å². The Labute approximate surface area is 321 Å². The van der Waals surface area contributed by atoms with E-state index in [1.807, 2.05) is 18.2 Å². The van der Waals surface area contributed by atoms with Gasteiger partial charge in [-0.05, 0) is 108 Å². The molecule has 0 radical (unpaired) electrons. The zero-order valence-electron chi connectivity index (χ0n) is 27.4. The number of carbonyl (C=O) groups excluding carboxylic acids is 4. The maximum absolute atomic E-state index is 15.3. The molecule has 2 aliphatic heterocycles. The molecule has 52 heavy (non-hydrogen) atoms. The molecule has 0 spiro atoms. The molecule has 4 amide bonds. The predicted octanol–water partition coefficient (Wildman–Crippen LogP) is 7.64. The molecular weight excluding hydrogens is 823 g/mol. The third-order valence-corrected chi connectivity index (χ3v) is 12.3. The number of phenols is 1. The van der Waals surface area contributed by atoms with E-state index in [9.17, 15) is 19.5 Å². The van der Waals surface area contributed by atoms with Crippen molar-refractivity contribution in [2.45, 2.75) is 24.2 Å². The summed E-state index contributed by atoms with van der Waals surface area (Å²) in [6.45, 7) is 0. The lowest BCUT2D eigenvalue weighted by atomic mass is 9.49. The summed E-state index contributed by atoms with van der Waals surface area (Å²) >= 11 is 14.8. The molecule has 2 aliphatic carbocycles. The molecule has 2 N–H and O–H groups in total. The molecule has 0 unspecified atom stereocenters. The molecule has 0 aromatic heterocycles. The van der Waals surface area contributed by atoms with Gasteiger partial charge in [0.2, 0.25) is 11.8 Å². The first-order chi connectivity index (χ1) is 25.0. The number of anilines is 2. The van der Waals surface area contributed by atoms with Crippen molar-refractivity contribution in [3.63, 3.8) is 0 Å². The number of hydrogen-bond acceptors (Lipinski definition) is 7. The van der Waals surface area contributed by atoms with Gasteiger partial charge in [0.1, 0.15) is 5.75 Å². The Balaban J connectivity index is 1.34. The molecule has 4 aromatic carbocycles. The number of ether oxygens (including phenoxy) is 1. The van der Waals surface area contributed by atoms with Gasteiger partial charge in [0.25, 0.3) is 11.8 Å². The summed E-state index contributed by atoms with van der Waals surface area (Å²) in [4.78, 5) is 59.7.